The van der Waals surface area contributed by atoms with Gasteiger partial charge in [-0.05, 0) is 20.8 Å². The minimum Gasteiger partial charge on any atom is -0.298 e. The standard InChI is InChI=1S/C11H14N4O/c1-7-5-15(9(3)12-7)11-10(6-16)8(2)13-14(11)4/h5-6H,1-4H3. The van der Waals surface area contributed by atoms with Gasteiger partial charge in [-0.25, -0.2) is 4.98 Å². The van der Waals surface area contributed by atoms with Crippen molar-refractivity contribution in [2.24, 2.45) is 7.05 Å². The molecule has 0 aliphatic rings. The van der Waals surface area contributed by atoms with Crippen molar-refractivity contribution in [1.29, 1.82) is 0 Å². The number of rotatable bonds is 2. The lowest BCUT2D eigenvalue weighted by molar-refractivity contribution is 0.112. The van der Waals surface area contributed by atoms with Crippen molar-refractivity contribution in [3.8, 4) is 5.82 Å². The zero-order valence-electron chi connectivity index (χ0n) is 9.85. The van der Waals surface area contributed by atoms with E-state index in [2.05, 4.69) is 10.1 Å². The molecule has 2 aromatic heterocycles. The van der Waals surface area contributed by atoms with Gasteiger partial charge in [0.15, 0.2) is 6.29 Å². The fourth-order valence-electron chi connectivity index (χ4n) is 1.92. The number of aromatic nitrogens is 4. The first-order valence-corrected chi connectivity index (χ1v) is 5.06. The molecule has 2 rings (SSSR count). The molecule has 5 nitrogen and oxygen atoms in total. The van der Waals surface area contributed by atoms with Gasteiger partial charge in [-0.1, -0.05) is 0 Å². The average Bonchev–Trinajstić information content (AvgIpc) is 2.66. The van der Waals surface area contributed by atoms with Crippen molar-refractivity contribution < 1.29 is 4.79 Å². The smallest absolute Gasteiger partial charge is 0.155 e. The van der Waals surface area contributed by atoms with Crippen LogP contribution in [-0.2, 0) is 7.05 Å². The second-order valence-corrected chi connectivity index (χ2v) is 3.86. The van der Waals surface area contributed by atoms with Gasteiger partial charge in [0.2, 0.25) is 0 Å². The Bertz CT molecular complexity index is 551. The molecule has 0 saturated heterocycles. The number of nitrogens with zero attached hydrogens (tertiary/aromatic N) is 4. The van der Waals surface area contributed by atoms with Gasteiger partial charge in [0, 0.05) is 13.2 Å². The summed E-state index contributed by atoms with van der Waals surface area (Å²) in [5.41, 5.74) is 2.27. The Hall–Kier alpha value is -1.91. The van der Waals surface area contributed by atoms with Gasteiger partial charge in [-0.3, -0.25) is 14.0 Å². The van der Waals surface area contributed by atoms with Gasteiger partial charge in [-0.15, -0.1) is 0 Å². The van der Waals surface area contributed by atoms with Crippen LogP contribution < -0.4 is 0 Å². The van der Waals surface area contributed by atoms with E-state index < -0.39 is 0 Å². The highest BCUT2D eigenvalue weighted by Crippen LogP contribution is 2.18. The molecule has 0 aromatic carbocycles. The van der Waals surface area contributed by atoms with Crippen LogP contribution in [0.3, 0.4) is 0 Å². The van der Waals surface area contributed by atoms with Crippen LogP contribution in [0.1, 0.15) is 27.6 Å². The van der Waals surface area contributed by atoms with Crippen molar-refractivity contribution in [3.63, 3.8) is 0 Å². The first kappa shape index (κ1) is 10.6. The van der Waals surface area contributed by atoms with Gasteiger partial charge in [0.25, 0.3) is 0 Å². The predicted molar refractivity (Wildman–Crippen MR) is 59.9 cm³/mol. The van der Waals surface area contributed by atoms with Crippen LogP contribution in [0, 0.1) is 20.8 Å². The summed E-state index contributed by atoms with van der Waals surface area (Å²) in [4.78, 5) is 15.4. The van der Waals surface area contributed by atoms with E-state index in [-0.39, 0.29) is 0 Å². The van der Waals surface area contributed by atoms with E-state index in [4.69, 9.17) is 0 Å². The number of aldehydes is 1. The molecule has 0 atom stereocenters. The SMILES string of the molecule is Cc1cn(-c2c(C=O)c(C)nn2C)c(C)n1. The zero-order valence-corrected chi connectivity index (χ0v) is 9.85. The van der Waals surface area contributed by atoms with Crippen molar-refractivity contribution in [1.82, 2.24) is 19.3 Å². The van der Waals surface area contributed by atoms with Crippen LogP contribution >= 0.6 is 0 Å². The highest BCUT2D eigenvalue weighted by Gasteiger charge is 2.16. The molecule has 0 unspecified atom stereocenters. The average molecular weight is 218 g/mol. The van der Waals surface area contributed by atoms with Gasteiger partial charge in [0.05, 0.1) is 17.0 Å². The molecule has 0 saturated carbocycles. The van der Waals surface area contributed by atoms with E-state index in [0.717, 1.165) is 29.3 Å². The number of hydrogen-bond donors (Lipinski definition) is 0. The number of imidazole rings is 1. The molecule has 0 fully saturated rings. The summed E-state index contributed by atoms with van der Waals surface area (Å²) in [6.45, 7) is 5.66. The van der Waals surface area contributed by atoms with Crippen LogP contribution in [0.25, 0.3) is 5.82 Å². The molecule has 2 heterocycles. The monoisotopic (exact) mass is 218 g/mol. The summed E-state index contributed by atoms with van der Waals surface area (Å²) in [5.74, 6) is 1.62. The Morgan fingerprint density at radius 1 is 1.31 bits per heavy atom. The first-order chi connectivity index (χ1) is 7.54. The molecule has 0 amide bonds. The third-order valence-electron chi connectivity index (χ3n) is 2.59. The van der Waals surface area contributed by atoms with Crippen molar-refractivity contribution in [3.05, 3.63) is 29.0 Å². The van der Waals surface area contributed by atoms with Crippen LogP contribution in [0.15, 0.2) is 6.20 Å². The summed E-state index contributed by atoms with van der Waals surface area (Å²) >= 11 is 0. The molecular weight excluding hydrogens is 204 g/mol. The zero-order chi connectivity index (χ0) is 11.9. The van der Waals surface area contributed by atoms with Crippen molar-refractivity contribution in [2.45, 2.75) is 20.8 Å². The van der Waals surface area contributed by atoms with E-state index in [1.807, 2.05) is 38.6 Å². The maximum atomic E-state index is 11.1. The number of hydrogen-bond acceptors (Lipinski definition) is 3. The largest absolute Gasteiger partial charge is 0.298 e. The van der Waals surface area contributed by atoms with E-state index in [0.29, 0.717) is 5.56 Å². The predicted octanol–water partition coefficient (Wildman–Crippen LogP) is 1.34. The van der Waals surface area contributed by atoms with Crippen LogP contribution in [-0.4, -0.2) is 25.6 Å². The van der Waals surface area contributed by atoms with E-state index >= 15 is 0 Å². The van der Waals surface area contributed by atoms with Crippen molar-refractivity contribution >= 4 is 6.29 Å². The highest BCUT2D eigenvalue weighted by atomic mass is 16.1. The molecule has 0 aliphatic carbocycles. The van der Waals surface area contributed by atoms with Crippen LogP contribution in [0.2, 0.25) is 0 Å². The second kappa shape index (κ2) is 3.59. The van der Waals surface area contributed by atoms with E-state index in [1.54, 1.807) is 4.68 Å². The molecule has 0 aliphatic heterocycles. The van der Waals surface area contributed by atoms with Gasteiger partial charge in [-0.2, -0.15) is 5.10 Å². The maximum Gasteiger partial charge on any atom is 0.155 e. The van der Waals surface area contributed by atoms with Crippen molar-refractivity contribution in [2.75, 3.05) is 0 Å². The molecule has 16 heavy (non-hydrogen) atoms. The Balaban J connectivity index is 2.72. The maximum absolute atomic E-state index is 11.1. The molecular formula is C11H14N4O. The third kappa shape index (κ3) is 1.44. The fourth-order valence-corrected chi connectivity index (χ4v) is 1.92. The lowest BCUT2D eigenvalue weighted by atomic mass is 10.2. The van der Waals surface area contributed by atoms with Crippen LogP contribution in [0.4, 0.5) is 0 Å². The Morgan fingerprint density at radius 3 is 2.50 bits per heavy atom. The number of carbonyl (C=O) groups is 1. The topological polar surface area (TPSA) is 52.7 Å². The third-order valence-corrected chi connectivity index (χ3v) is 2.59. The second-order valence-electron chi connectivity index (χ2n) is 3.86. The Morgan fingerprint density at radius 2 is 2.00 bits per heavy atom. The summed E-state index contributed by atoms with van der Waals surface area (Å²) in [6, 6.07) is 0. The first-order valence-electron chi connectivity index (χ1n) is 5.06. The van der Waals surface area contributed by atoms with Gasteiger partial charge >= 0.3 is 0 Å². The molecule has 0 N–H and O–H groups in total. The molecule has 2 aromatic rings. The van der Waals surface area contributed by atoms with E-state index in [9.17, 15) is 4.79 Å². The highest BCUT2D eigenvalue weighted by molar-refractivity contribution is 5.81. The molecule has 0 spiro atoms. The fraction of sp³-hybridized carbons (Fsp3) is 0.364. The lowest BCUT2D eigenvalue weighted by Crippen LogP contribution is -2.05. The summed E-state index contributed by atoms with van der Waals surface area (Å²) in [7, 11) is 1.82. The number of aryl methyl sites for hydroxylation is 4. The Labute approximate surface area is 93.7 Å². The van der Waals surface area contributed by atoms with Crippen LogP contribution in [0.5, 0.6) is 0 Å². The van der Waals surface area contributed by atoms with Gasteiger partial charge < -0.3 is 0 Å². The molecule has 84 valence electrons. The molecule has 0 radical (unpaired) electrons. The molecule has 5 heteroatoms. The number of carbonyl (C=O) groups excluding carboxylic acids is 1. The molecule has 0 bridgehead atoms. The summed E-state index contributed by atoms with van der Waals surface area (Å²) in [5, 5.41) is 4.25. The quantitative estimate of drug-likeness (QED) is 0.715. The normalized spacial score (nSPS) is 10.8. The minimum atomic E-state index is 0.614. The summed E-state index contributed by atoms with van der Waals surface area (Å²) < 4.78 is 3.59. The Kier molecular flexibility index (Phi) is 2.38. The van der Waals surface area contributed by atoms with Gasteiger partial charge in [0.1, 0.15) is 11.6 Å². The lowest BCUT2D eigenvalue weighted by Gasteiger charge is -2.05. The van der Waals surface area contributed by atoms with E-state index in [1.165, 1.54) is 0 Å². The minimum absolute atomic E-state index is 0.614. The summed E-state index contributed by atoms with van der Waals surface area (Å²) in [6.07, 6.45) is 2.74.